The molecule has 0 aromatic heterocycles. The second-order valence-electron chi connectivity index (χ2n) is 0.448. The van der Waals surface area contributed by atoms with E-state index in [2.05, 4.69) is 0 Å². The maximum Gasteiger partial charge on any atom is 1.00 e. The second kappa shape index (κ2) is 72.8. The van der Waals surface area contributed by atoms with Crippen molar-refractivity contribution < 1.29 is 125 Å². The van der Waals surface area contributed by atoms with Gasteiger partial charge in [-0.15, -0.1) is 0 Å². The topological polar surface area (TPSA) is 390 Å². The molecule has 0 unspecified atom stereocenters. The van der Waals surface area contributed by atoms with E-state index in [0.29, 0.717) is 0 Å². The first kappa shape index (κ1) is 170. The monoisotopic (exact) mass is 318 g/mol. The van der Waals surface area contributed by atoms with Crippen LogP contribution in [-0.2, 0) is 10.4 Å². The fourth-order valence-electron chi connectivity index (χ4n) is 0. The third-order valence-electron chi connectivity index (χ3n) is 0. The third-order valence-corrected chi connectivity index (χ3v) is 0. The van der Waals surface area contributed by atoms with E-state index in [-0.39, 0.29) is 108 Å². The van der Waals surface area contributed by atoms with Gasteiger partial charge in [-0.25, -0.2) is 0 Å². The predicted octanol–water partition coefficient (Wildman–Crippen LogP) is -11.8. The molecule has 0 bridgehead atoms. The van der Waals surface area contributed by atoms with Crippen LogP contribution in [0.4, 0.5) is 0 Å². The first-order valence-corrected chi connectivity index (χ1v) is 2.10. The van der Waals surface area contributed by atoms with Gasteiger partial charge in [0, 0.05) is 0 Å². The van der Waals surface area contributed by atoms with Gasteiger partial charge >= 0.3 is 61.8 Å². The molecule has 0 saturated heterocycles. The van der Waals surface area contributed by atoms with Crippen LogP contribution in [0.1, 0.15) is 1.43 Å². The molecule has 0 radical (unpaired) electrons. The van der Waals surface area contributed by atoms with E-state index in [9.17, 15) is 0 Å². The summed E-state index contributed by atoms with van der Waals surface area (Å²) >= 11 is 0. The largest absolute Gasteiger partial charge is 1.00 e. The molecule has 16 heavy (non-hydrogen) atoms. The molecule has 0 spiro atoms. The van der Waals surface area contributed by atoms with Crippen LogP contribution in [0.25, 0.3) is 0 Å². The number of hydrogen-bond donors (Lipinski definition) is 2. The van der Waals surface area contributed by atoms with Crippen LogP contribution in [0, 0.1) is 0 Å². The van der Waals surface area contributed by atoms with Gasteiger partial charge in [-0.05, 0) is 0 Å². The molecule has 0 aromatic carbocycles. The van der Waals surface area contributed by atoms with Gasteiger partial charge in [0.2, 0.25) is 0 Å². The smallest absolute Gasteiger partial charge is 1.00 e. The fourth-order valence-corrected chi connectivity index (χ4v) is 0. The summed E-state index contributed by atoms with van der Waals surface area (Å²) in [6.07, 6.45) is 0. The summed E-state index contributed by atoms with van der Waals surface area (Å²) < 4.78 is 31.6. The molecular weight excluding hydrogens is 295 g/mol. The van der Waals surface area contributed by atoms with Gasteiger partial charge in [-0.1, -0.05) is 0 Å². The van der Waals surface area contributed by atoms with Crippen molar-refractivity contribution >= 4 is 10.4 Å². The van der Waals surface area contributed by atoms with Gasteiger partial charge in [0.15, 0.2) is 0 Å². The Balaban J connectivity index is -0.00000000121. The van der Waals surface area contributed by atoms with E-state index in [1.165, 1.54) is 0 Å². The molecule has 114 valence electrons. The summed E-state index contributed by atoms with van der Waals surface area (Å²) in [5.41, 5.74) is 0. The normalized spacial score (nSPS) is 3.62. The first-order chi connectivity index (χ1) is 2.00. The Morgan fingerprint density at radius 2 is 0.562 bits per heavy atom. The Labute approximate surface area is 134 Å². The van der Waals surface area contributed by atoms with Crippen molar-refractivity contribution in [2.24, 2.45) is 0 Å². The maximum atomic E-state index is 8.74. The Bertz CT molecular complexity index is 99.4. The molecule has 22 N–H and O–H groups in total. The van der Waals surface area contributed by atoms with Crippen molar-refractivity contribution in [3.63, 3.8) is 0 Å². The average molecular weight is 318 g/mol. The van der Waals surface area contributed by atoms with Crippen molar-refractivity contribution in [3.05, 3.63) is 0 Å². The zero-order chi connectivity index (χ0) is 4.50. The summed E-state index contributed by atoms with van der Waals surface area (Å²) in [4.78, 5) is 0. The van der Waals surface area contributed by atoms with E-state index < -0.39 is 10.4 Å². The van der Waals surface area contributed by atoms with Crippen LogP contribution in [0.2, 0.25) is 0 Å². The summed E-state index contributed by atoms with van der Waals surface area (Å²) in [6, 6.07) is 0. The molecule has 0 aromatic rings. The quantitative estimate of drug-likeness (QED) is 0.324. The van der Waals surface area contributed by atoms with Gasteiger partial charge in [0.05, 0.1) is 0 Å². The minimum absolute atomic E-state index is 0. The Hall–Kier alpha value is 1.11. The molecule has 14 nitrogen and oxygen atoms in total. The second-order valence-corrected chi connectivity index (χ2v) is 1.34. The van der Waals surface area contributed by atoms with Crippen LogP contribution in [0.5, 0.6) is 0 Å². The average Bonchev–Trinajstić information content (AvgIpc) is 0.722. The van der Waals surface area contributed by atoms with Crippen molar-refractivity contribution in [1.82, 2.24) is 0 Å². The summed E-state index contributed by atoms with van der Waals surface area (Å²) in [5.74, 6) is 0. The van der Waals surface area contributed by atoms with Crippen LogP contribution < -0.4 is 51.4 Å². The molecular formula is H23KO14S. The van der Waals surface area contributed by atoms with E-state index in [4.69, 9.17) is 17.5 Å². The van der Waals surface area contributed by atoms with Crippen molar-refractivity contribution in [2.45, 2.75) is 0 Å². The zero-order valence-electron chi connectivity index (χ0n) is 9.12. The number of rotatable bonds is 0. The molecule has 16 heteroatoms. The van der Waals surface area contributed by atoms with Crippen LogP contribution in [0.3, 0.4) is 0 Å². The molecule has 0 aliphatic heterocycles. The summed E-state index contributed by atoms with van der Waals surface area (Å²) in [6.45, 7) is 0. The van der Waals surface area contributed by atoms with Gasteiger partial charge < -0.3 is 56.2 Å². The van der Waals surface area contributed by atoms with Gasteiger partial charge in [-0.3, -0.25) is 9.11 Å². The predicted molar refractivity (Wildman–Crippen MR) is 51.4 cm³/mol. The zero-order valence-corrected chi connectivity index (χ0v) is 12.1. The molecule has 0 rings (SSSR count). The molecule has 0 atom stereocenters. The van der Waals surface area contributed by atoms with E-state index in [0.717, 1.165) is 0 Å². The van der Waals surface area contributed by atoms with Gasteiger partial charge in [0.1, 0.15) is 0 Å². The molecule has 0 heterocycles. The minimum atomic E-state index is -4.67. The van der Waals surface area contributed by atoms with E-state index in [1.54, 1.807) is 0 Å². The molecule has 0 amide bonds. The third kappa shape index (κ3) is 2460. The van der Waals surface area contributed by atoms with E-state index in [1.807, 2.05) is 0 Å². The number of hydrogen-bond acceptors (Lipinski definition) is 2. The molecule has 0 saturated carbocycles. The van der Waals surface area contributed by atoms with E-state index >= 15 is 0 Å². The Morgan fingerprint density at radius 1 is 0.562 bits per heavy atom. The van der Waals surface area contributed by atoms with Crippen LogP contribution in [-0.4, -0.2) is 72.3 Å². The van der Waals surface area contributed by atoms with Crippen LogP contribution >= 0.6 is 0 Å². The fraction of sp³-hybridized carbons (Fsp3) is 0. The summed E-state index contributed by atoms with van der Waals surface area (Å²) in [7, 11) is -4.67. The summed E-state index contributed by atoms with van der Waals surface area (Å²) in [5, 5.41) is 0. The Kier molecular flexibility index (Phi) is 774. The minimum Gasteiger partial charge on any atom is -1.00 e. The molecule has 0 aliphatic rings. The van der Waals surface area contributed by atoms with Gasteiger partial charge in [0.25, 0.3) is 0 Å². The molecule has 0 aliphatic carbocycles. The van der Waals surface area contributed by atoms with Crippen molar-refractivity contribution in [2.75, 3.05) is 0 Å². The molecule has 0 fully saturated rings. The Morgan fingerprint density at radius 3 is 0.562 bits per heavy atom. The standard InChI is InChI=1S/K.H2O4S.10H2O.H/c;1-5(2,3)4;;;;;;;;;;;/h;(H2,1,2,3,4);10*1H2;/q+1;;;;;;;;;;;;-1. The maximum absolute atomic E-state index is 8.74. The van der Waals surface area contributed by atoms with Crippen molar-refractivity contribution in [3.8, 4) is 0 Å². The first-order valence-electron chi connectivity index (χ1n) is 0.698. The van der Waals surface area contributed by atoms with Crippen LogP contribution in [0.15, 0.2) is 0 Å². The SMILES string of the molecule is O.O.O.O.O.O.O.O.O.O.O=S(=O)(O)O.[H-].[K+]. The van der Waals surface area contributed by atoms with Crippen molar-refractivity contribution in [1.29, 1.82) is 0 Å². The van der Waals surface area contributed by atoms with Gasteiger partial charge in [-0.2, -0.15) is 8.42 Å².